The van der Waals surface area contributed by atoms with Crippen LogP contribution in [0.1, 0.15) is 10.4 Å². The van der Waals surface area contributed by atoms with E-state index in [4.69, 9.17) is 4.42 Å². The fourth-order valence-corrected chi connectivity index (χ4v) is 2.73. The van der Waals surface area contributed by atoms with Crippen LogP contribution in [0.4, 0.5) is 0 Å². The summed E-state index contributed by atoms with van der Waals surface area (Å²) in [5.41, 5.74) is 0.0947. The number of thioether (sulfide) groups is 1. The number of Topliss-reactive ketones (excluding diaryl/α,β-unsaturated/α-hetero) is 1. The second-order valence-electron chi connectivity index (χ2n) is 4.76. The molecule has 4 nitrogen and oxygen atoms in total. The van der Waals surface area contributed by atoms with Gasteiger partial charge in [-0.25, -0.2) is 4.79 Å². The molecule has 1 aromatic heterocycles. The van der Waals surface area contributed by atoms with Crippen molar-refractivity contribution in [3.8, 4) is 0 Å². The summed E-state index contributed by atoms with van der Waals surface area (Å²) in [4.78, 5) is 25.9. The molecule has 0 aliphatic heterocycles. The van der Waals surface area contributed by atoms with Crippen molar-refractivity contribution in [3.63, 3.8) is 0 Å². The van der Waals surface area contributed by atoms with Crippen LogP contribution in [0.5, 0.6) is 0 Å². The van der Waals surface area contributed by atoms with Gasteiger partial charge in [-0.05, 0) is 26.2 Å². The van der Waals surface area contributed by atoms with Gasteiger partial charge in [0.05, 0.1) is 5.75 Å². The van der Waals surface area contributed by atoms with Crippen LogP contribution in [-0.2, 0) is 0 Å². The highest BCUT2D eigenvalue weighted by Gasteiger charge is 2.13. The first-order valence-electron chi connectivity index (χ1n) is 6.36. The summed E-state index contributed by atoms with van der Waals surface area (Å²) in [5.74, 6) is 0.988. The molecule has 0 amide bonds. The Labute approximate surface area is 121 Å². The third kappa shape index (κ3) is 3.71. The zero-order valence-corrected chi connectivity index (χ0v) is 12.4. The molecule has 0 spiro atoms. The first-order chi connectivity index (χ1) is 9.58. The lowest BCUT2D eigenvalue weighted by molar-refractivity contribution is 0.101. The topological polar surface area (TPSA) is 50.5 Å². The van der Waals surface area contributed by atoms with E-state index in [1.165, 1.54) is 11.8 Å². The predicted octanol–water partition coefficient (Wildman–Crippen LogP) is 2.27. The quantitative estimate of drug-likeness (QED) is 0.464. The van der Waals surface area contributed by atoms with Crippen LogP contribution in [0.2, 0.25) is 0 Å². The zero-order valence-electron chi connectivity index (χ0n) is 11.6. The molecule has 0 aliphatic rings. The van der Waals surface area contributed by atoms with Crippen LogP contribution in [-0.4, -0.2) is 42.8 Å². The fraction of sp³-hybridized carbons (Fsp3) is 0.333. The first-order valence-corrected chi connectivity index (χ1v) is 7.52. The highest BCUT2D eigenvalue weighted by atomic mass is 32.2. The number of ketones is 1. The third-order valence-electron chi connectivity index (χ3n) is 2.86. The molecule has 0 N–H and O–H groups in total. The van der Waals surface area contributed by atoms with Gasteiger partial charge >= 0.3 is 5.63 Å². The van der Waals surface area contributed by atoms with E-state index in [1.54, 1.807) is 18.2 Å². The van der Waals surface area contributed by atoms with Gasteiger partial charge in [0.2, 0.25) is 0 Å². The van der Waals surface area contributed by atoms with Crippen LogP contribution >= 0.6 is 11.8 Å². The van der Waals surface area contributed by atoms with Crippen molar-refractivity contribution in [1.82, 2.24) is 4.90 Å². The summed E-state index contributed by atoms with van der Waals surface area (Å²) in [6.45, 7) is 0.907. The highest BCUT2D eigenvalue weighted by molar-refractivity contribution is 8.00. The largest absolute Gasteiger partial charge is 0.422 e. The van der Waals surface area contributed by atoms with Crippen molar-refractivity contribution >= 4 is 28.5 Å². The maximum absolute atomic E-state index is 12.1. The second-order valence-corrected chi connectivity index (χ2v) is 5.87. The second kappa shape index (κ2) is 6.72. The van der Waals surface area contributed by atoms with Gasteiger partial charge in [-0.3, -0.25) is 4.79 Å². The molecular weight excluding hydrogens is 274 g/mol. The van der Waals surface area contributed by atoms with Crippen LogP contribution < -0.4 is 5.63 Å². The smallest absolute Gasteiger partial charge is 0.347 e. The Hall–Kier alpha value is -1.59. The Morgan fingerprint density at radius 3 is 2.80 bits per heavy atom. The Balaban J connectivity index is 2.10. The van der Waals surface area contributed by atoms with Crippen molar-refractivity contribution in [1.29, 1.82) is 0 Å². The van der Waals surface area contributed by atoms with Crippen molar-refractivity contribution < 1.29 is 9.21 Å². The molecule has 0 aliphatic carbocycles. The molecule has 20 heavy (non-hydrogen) atoms. The van der Waals surface area contributed by atoms with Crippen LogP contribution in [0.25, 0.3) is 11.0 Å². The standard InChI is InChI=1S/C15H17NO3S/c1-16(2)7-8-20-10-13(17)12-9-11-5-3-4-6-14(11)19-15(12)18/h3-6,9H,7-8,10H2,1-2H3. The summed E-state index contributed by atoms with van der Waals surface area (Å²) in [6.07, 6.45) is 0. The molecule has 0 unspecified atom stereocenters. The van der Waals surface area contributed by atoms with Gasteiger partial charge in [0.25, 0.3) is 0 Å². The van der Waals surface area contributed by atoms with Gasteiger partial charge < -0.3 is 9.32 Å². The molecule has 0 bridgehead atoms. The molecule has 5 heteroatoms. The number of nitrogens with zero attached hydrogens (tertiary/aromatic N) is 1. The third-order valence-corrected chi connectivity index (χ3v) is 3.80. The van der Waals surface area contributed by atoms with Crippen molar-refractivity contribution in [3.05, 3.63) is 46.3 Å². The number of fused-ring (bicyclic) bond motifs is 1. The number of hydrogen-bond donors (Lipinski definition) is 0. The minimum absolute atomic E-state index is 0.140. The van der Waals surface area contributed by atoms with E-state index in [1.807, 2.05) is 26.2 Å². The van der Waals surface area contributed by atoms with E-state index in [0.29, 0.717) is 11.3 Å². The molecule has 0 radical (unpaired) electrons. The lowest BCUT2D eigenvalue weighted by Crippen LogP contribution is -2.18. The van der Waals surface area contributed by atoms with Gasteiger partial charge in [-0.1, -0.05) is 18.2 Å². The molecule has 2 aromatic rings. The van der Waals surface area contributed by atoms with Crippen LogP contribution in [0.3, 0.4) is 0 Å². The number of rotatable bonds is 6. The van der Waals surface area contributed by atoms with E-state index < -0.39 is 5.63 Å². The van der Waals surface area contributed by atoms with Crippen molar-refractivity contribution in [2.75, 3.05) is 32.1 Å². The predicted molar refractivity (Wildman–Crippen MR) is 82.7 cm³/mol. The van der Waals surface area contributed by atoms with E-state index in [-0.39, 0.29) is 11.3 Å². The summed E-state index contributed by atoms with van der Waals surface area (Å²) in [5, 5.41) is 0.772. The zero-order chi connectivity index (χ0) is 14.5. The molecule has 1 aromatic carbocycles. The van der Waals surface area contributed by atoms with E-state index in [9.17, 15) is 9.59 Å². The molecule has 2 rings (SSSR count). The molecule has 0 saturated carbocycles. The number of carbonyl (C=O) groups excluding carboxylic acids is 1. The normalized spacial score (nSPS) is 11.2. The minimum Gasteiger partial charge on any atom is -0.422 e. The lowest BCUT2D eigenvalue weighted by Gasteiger charge is -2.08. The van der Waals surface area contributed by atoms with Crippen LogP contribution in [0.15, 0.2) is 39.5 Å². The molecule has 1 heterocycles. The molecule has 106 valence electrons. The van der Waals surface area contributed by atoms with Gasteiger partial charge in [-0.15, -0.1) is 0 Å². The van der Waals surface area contributed by atoms with Crippen molar-refractivity contribution in [2.45, 2.75) is 0 Å². The van der Waals surface area contributed by atoms with E-state index >= 15 is 0 Å². The Kier molecular flexibility index (Phi) is 4.98. The van der Waals surface area contributed by atoms with Crippen LogP contribution in [0, 0.1) is 0 Å². The van der Waals surface area contributed by atoms with E-state index in [0.717, 1.165) is 17.7 Å². The molecule has 0 saturated heterocycles. The molecule has 0 atom stereocenters. The number of benzene rings is 1. The highest BCUT2D eigenvalue weighted by Crippen LogP contribution is 2.14. The average molecular weight is 291 g/mol. The molecular formula is C15H17NO3S. The van der Waals surface area contributed by atoms with Gasteiger partial charge in [0.1, 0.15) is 11.1 Å². The van der Waals surface area contributed by atoms with E-state index in [2.05, 4.69) is 4.90 Å². The summed E-state index contributed by atoms with van der Waals surface area (Å²) >= 11 is 1.53. The van der Waals surface area contributed by atoms with Gasteiger partial charge in [-0.2, -0.15) is 11.8 Å². The number of hydrogen-bond acceptors (Lipinski definition) is 5. The Morgan fingerprint density at radius 1 is 1.30 bits per heavy atom. The summed E-state index contributed by atoms with van der Waals surface area (Å²) < 4.78 is 5.16. The fourth-order valence-electron chi connectivity index (χ4n) is 1.75. The lowest BCUT2D eigenvalue weighted by atomic mass is 10.1. The minimum atomic E-state index is -0.554. The monoisotopic (exact) mass is 291 g/mol. The van der Waals surface area contributed by atoms with Gasteiger partial charge in [0, 0.05) is 17.7 Å². The Bertz CT molecular complexity index is 663. The Morgan fingerprint density at radius 2 is 2.05 bits per heavy atom. The SMILES string of the molecule is CN(C)CCSCC(=O)c1cc2ccccc2oc1=O. The number of para-hydroxylation sites is 1. The maximum Gasteiger partial charge on any atom is 0.347 e. The molecule has 0 fully saturated rings. The average Bonchev–Trinajstić information content (AvgIpc) is 2.42. The number of carbonyl (C=O) groups is 1. The summed E-state index contributed by atoms with van der Waals surface area (Å²) in [7, 11) is 3.97. The first kappa shape index (κ1) is 14.8. The van der Waals surface area contributed by atoms with Crippen molar-refractivity contribution in [2.24, 2.45) is 0 Å². The summed E-state index contributed by atoms with van der Waals surface area (Å²) in [6, 6.07) is 8.81. The van der Waals surface area contributed by atoms with Gasteiger partial charge in [0.15, 0.2) is 5.78 Å². The maximum atomic E-state index is 12.1.